The van der Waals surface area contributed by atoms with Crippen molar-refractivity contribution in [3.05, 3.63) is 11.3 Å². The Bertz CT molecular complexity index is 500. The zero-order valence-corrected chi connectivity index (χ0v) is 14.4. The van der Waals surface area contributed by atoms with Crippen molar-refractivity contribution in [2.45, 2.75) is 64.7 Å². The predicted octanol–water partition coefficient (Wildman–Crippen LogP) is 3.09. The summed E-state index contributed by atoms with van der Waals surface area (Å²) < 4.78 is 31.3. The lowest BCUT2D eigenvalue weighted by molar-refractivity contribution is 0.00578. The number of likely N-dealkylation sites (tertiary alicyclic amines) is 1. The van der Waals surface area contributed by atoms with Crippen LogP contribution in [0, 0.1) is 0 Å². The summed E-state index contributed by atoms with van der Waals surface area (Å²) in [6.45, 7) is 11.5. The summed E-state index contributed by atoms with van der Waals surface area (Å²) in [5, 5.41) is 0. The average Bonchev–Trinajstić information content (AvgIpc) is 2.81. The minimum Gasteiger partial charge on any atom is -0.453 e. The van der Waals surface area contributed by atoms with Crippen molar-refractivity contribution < 1.29 is 23.2 Å². The number of halogens is 1. The van der Waals surface area contributed by atoms with Crippen LogP contribution in [0.4, 0.5) is 9.18 Å². The highest BCUT2D eigenvalue weighted by atomic mass is 19.1. The molecule has 0 bridgehead atoms. The molecule has 0 N–H and O–H groups in total. The second-order valence-electron chi connectivity index (χ2n) is 7.35. The number of hydrogen-bond donors (Lipinski definition) is 0. The molecular formula is C15H25BFNO4. The standard InChI is InChI=1S/C15H25BFNO4/c1-13(2)10(8-9-18(13)12(19)20-7)11(17)16-21-14(3,4)15(5,6)22-16/h8-9H2,1-7H3. The topological polar surface area (TPSA) is 48.0 Å². The summed E-state index contributed by atoms with van der Waals surface area (Å²) in [5.41, 5.74) is -1.87. The quantitative estimate of drug-likeness (QED) is 0.698. The lowest BCUT2D eigenvalue weighted by atomic mass is 9.79. The van der Waals surface area contributed by atoms with Crippen LogP contribution < -0.4 is 0 Å². The van der Waals surface area contributed by atoms with Gasteiger partial charge in [0, 0.05) is 6.54 Å². The maximum Gasteiger partial charge on any atom is 0.525 e. The Morgan fingerprint density at radius 2 is 1.68 bits per heavy atom. The molecule has 5 nitrogen and oxygen atoms in total. The maximum atomic E-state index is 15.0. The summed E-state index contributed by atoms with van der Waals surface area (Å²) in [7, 11) is 0.293. The molecule has 2 saturated heterocycles. The molecule has 124 valence electrons. The Morgan fingerprint density at radius 3 is 2.14 bits per heavy atom. The van der Waals surface area contributed by atoms with Gasteiger partial charge in [-0.2, -0.15) is 0 Å². The lowest BCUT2D eigenvalue weighted by Gasteiger charge is -2.32. The number of methoxy groups -OCH3 is 1. The average molecular weight is 313 g/mol. The fourth-order valence-electron chi connectivity index (χ4n) is 2.90. The number of nitrogens with zero attached hydrogens (tertiary/aromatic N) is 1. The molecule has 7 heteroatoms. The van der Waals surface area contributed by atoms with E-state index in [1.165, 1.54) is 12.0 Å². The largest absolute Gasteiger partial charge is 0.525 e. The first kappa shape index (κ1) is 17.3. The molecule has 0 aromatic rings. The van der Waals surface area contributed by atoms with E-state index in [9.17, 15) is 9.18 Å². The van der Waals surface area contributed by atoms with E-state index in [1.807, 2.05) is 27.7 Å². The van der Waals surface area contributed by atoms with Gasteiger partial charge in [-0.05, 0) is 53.5 Å². The number of rotatable bonds is 1. The Balaban J connectivity index is 2.31. The Morgan fingerprint density at radius 1 is 1.18 bits per heavy atom. The van der Waals surface area contributed by atoms with E-state index >= 15 is 0 Å². The predicted molar refractivity (Wildman–Crippen MR) is 82.0 cm³/mol. The number of carbonyl (C=O) groups is 1. The Hall–Kier alpha value is -1.08. The lowest BCUT2D eigenvalue weighted by Crippen LogP contribution is -2.44. The summed E-state index contributed by atoms with van der Waals surface area (Å²) >= 11 is 0. The highest BCUT2D eigenvalue weighted by molar-refractivity contribution is 6.54. The second-order valence-corrected chi connectivity index (χ2v) is 7.35. The van der Waals surface area contributed by atoms with Crippen LogP contribution in [0.1, 0.15) is 48.0 Å². The molecule has 0 radical (unpaired) electrons. The van der Waals surface area contributed by atoms with Gasteiger partial charge in [0.1, 0.15) is 5.73 Å². The van der Waals surface area contributed by atoms with Crippen molar-refractivity contribution in [1.29, 1.82) is 0 Å². The molecule has 22 heavy (non-hydrogen) atoms. The number of hydrogen-bond acceptors (Lipinski definition) is 4. The number of amides is 1. The van der Waals surface area contributed by atoms with Crippen LogP contribution in [-0.4, -0.2) is 48.5 Å². The molecule has 2 aliphatic heterocycles. The summed E-state index contributed by atoms with van der Waals surface area (Å²) in [4.78, 5) is 13.3. The first-order chi connectivity index (χ1) is 9.94. The fourth-order valence-corrected chi connectivity index (χ4v) is 2.90. The molecule has 0 unspecified atom stereocenters. The summed E-state index contributed by atoms with van der Waals surface area (Å²) in [6.07, 6.45) is -0.0143. The van der Waals surface area contributed by atoms with E-state index < -0.39 is 35.7 Å². The third-order valence-corrected chi connectivity index (χ3v) is 5.14. The van der Waals surface area contributed by atoms with Crippen molar-refractivity contribution in [1.82, 2.24) is 4.90 Å². The second kappa shape index (κ2) is 5.23. The van der Waals surface area contributed by atoms with Gasteiger partial charge in [-0.1, -0.05) is 0 Å². The number of carbonyl (C=O) groups excluding carboxylic acids is 1. The third-order valence-electron chi connectivity index (χ3n) is 5.14. The zero-order valence-electron chi connectivity index (χ0n) is 14.4. The molecule has 2 aliphatic rings. The minimum absolute atomic E-state index is 0.419. The Kier molecular flexibility index (Phi) is 4.11. The molecule has 2 fully saturated rings. The van der Waals surface area contributed by atoms with Crippen LogP contribution in [0.15, 0.2) is 11.3 Å². The SMILES string of the molecule is COC(=O)N1CCC(=C(F)B2OC(C)(C)C(C)(C)O2)C1(C)C. The van der Waals surface area contributed by atoms with Gasteiger partial charge in [-0.3, -0.25) is 4.90 Å². The van der Waals surface area contributed by atoms with E-state index in [-0.39, 0.29) is 0 Å². The highest BCUT2D eigenvalue weighted by Crippen LogP contribution is 2.43. The Labute approximate surface area is 131 Å². The monoisotopic (exact) mass is 313 g/mol. The van der Waals surface area contributed by atoms with Gasteiger partial charge in [0.15, 0.2) is 0 Å². The van der Waals surface area contributed by atoms with Crippen LogP contribution in [0.2, 0.25) is 0 Å². The van der Waals surface area contributed by atoms with E-state index in [0.29, 0.717) is 18.5 Å². The molecule has 0 aromatic heterocycles. The molecule has 0 aromatic carbocycles. The summed E-state index contributed by atoms with van der Waals surface area (Å²) in [6, 6.07) is 0. The molecule has 0 atom stereocenters. The molecule has 2 rings (SSSR count). The van der Waals surface area contributed by atoms with Crippen LogP contribution >= 0.6 is 0 Å². The van der Waals surface area contributed by atoms with Crippen molar-refractivity contribution in [2.75, 3.05) is 13.7 Å². The molecule has 1 amide bonds. The van der Waals surface area contributed by atoms with E-state index in [1.54, 1.807) is 13.8 Å². The highest BCUT2D eigenvalue weighted by Gasteiger charge is 2.55. The van der Waals surface area contributed by atoms with Gasteiger partial charge in [0.2, 0.25) is 0 Å². The van der Waals surface area contributed by atoms with Crippen molar-refractivity contribution in [3.8, 4) is 0 Å². The minimum atomic E-state index is -1.03. The third kappa shape index (κ3) is 2.54. The van der Waals surface area contributed by atoms with E-state index in [2.05, 4.69) is 0 Å². The van der Waals surface area contributed by atoms with Crippen LogP contribution in [-0.2, 0) is 14.0 Å². The molecule has 2 heterocycles. The van der Waals surface area contributed by atoms with Gasteiger partial charge in [0.25, 0.3) is 0 Å². The van der Waals surface area contributed by atoms with Gasteiger partial charge in [-0.25, -0.2) is 9.18 Å². The molecular weight excluding hydrogens is 288 g/mol. The first-order valence-electron chi connectivity index (χ1n) is 7.54. The van der Waals surface area contributed by atoms with E-state index in [4.69, 9.17) is 14.0 Å². The van der Waals surface area contributed by atoms with Crippen LogP contribution in [0.3, 0.4) is 0 Å². The number of ether oxygens (including phenoxy) is 1. The molecule has 0 saturated carbocycles. The van der Waals surface area contributed by atoms with Crippen LogP contribution in [0.25, 0.3) is 0 Å². The smallest absolute Gasteiger partial charge is 0.453 e. The maximum absolute atomic E-state index is 15.0. The van der Waals surface area contributed by atoms with Crippen molar-refractivity contribution in [2.24, 2.45) is 0 Å². The molecule has 0 spiro atoms. The zero-order chi connectivity index (χ0) is 16.9. The first-order valence-corrected chi connectivity index (χ1v) is 7.54. The van der Waals surface area contributed by atoms with Crippen molar-refractivity contribution in [3.63, 3.8) is 0 Å². The van der Waals surface area contributed by atoms with Gasteiger partial charge < -0.3 is 14.0 Å². The van der Waals surface area contributed by atoms with Crippen molar-refractivity contribution >= 4 is 13.2 Å². The van der Waals surface area contributed by atoms with E-state index in [0.717, 1.165) is 0 Å². The van der Waals surface area contributed by atoms with Gasteiger partial charge in [-0.15, -0.1) is 0 Å². The summed E-state index contributed by atoms with van der Waals surface area (Å²) in [5.74, 6) is 0. The van der Waals surface area contributed by atoms with Gasteiger partial charge in [0.05, 0.1) is 23.9 Å². The van der Waals surface area contributed by atoms with Gasteiger partial charge >= 0.3 is 13.2 Å². The van der Waals surface area contributed by atoms with Crippen LogP contribution in [0.5, 0.6) is 0 Å². The molecule has 0 aliphatic carbocycles. The normalized spacial score (nSPS) is 28.0. The fraction of sp³-hybridized carbons (Fsp3) is 0.800.